The van der Waals surface area contributed by atoms with Crippen molar-refractivity contribution in [2.24, 2.45) is 5.84 Å². The molecule has 0 amide bonds. The second-order valence-electron chi connectivity index (χ2n) is 3.05. The van der Waals surface area contributed by atoms with E-state index in [4.69, 9.17) is 5.84 Å². The Bertz CT molecular complexity index is 454. The van der Waals surface area contributed by atoms with Crippen LogP contribution in [0.15, 0.2) is 24.4 Å². The van der Waals surface area contributed by atoms with Crippen LogP contribution in [0.5, 0.6) is 0 Å². The molecule has 0 saturated heterocycles. The minimum Gasteiger partial charge on any atom is -0.271 e. The van der Waals surface area contributed by atoms with E-state index in [0.29, 0.717) is 4.88 Å². The molecule has 1 atom stereocenters. The summed E-state index contributed by atoms with van der Waals surface area (Å²) in [6.45, 7) is 0. The molecule has 16 heavy (non-hydrogen) atoms. The van der Waals surface area contributed by atoms with Crippen molar-refractivity contribution in [3.8, 4) is 0 Å². The van der Waals surface area contributed by atoms with E-state index in [1.54, 1.807) is 0 Å². The molecule has 2 rings (SSSR count). The Hall–Kier alpha value is -1.44. The lowest BCUT2D eigenvalue weighted by Gasteiger charge is -2.15. The van der Waals surface area contributed by atoms with E-state index in [1.807, 2.05) is 0 Å². The lowest BCUT2D eigenvalue weighted by Crippen LogP contribution is -2.29. The van der Waals surface area contributed by atoms with Crippen molar-refractivity contribution in [2.75, 3.05) is 0 Å². The average molecular weight is 242 g/mol. The molecule has 0 bridgehead atoms. The predicted molar refractivity (Wildman–Crippen MR) is 55.4 cm³/mol. The predicted octanol–water partition coefficient (Wildman–Crippen LogP) is 1.37. The first-order valence-corrected chi connectivity index (χ1v) is 5.18. The number of benzene rings is 1. The molecule has 84 valence electrons. The van der Waals surface area contributed by atoms with Gasteiger partial charge in [-0.05, 0) is 23.7 Å². The number of hydrogen-bond donors (Lipinski definition) is 2. The summed E-state index contributed by atoms with van der Waals surface area (Å²) < 4.78 is 30.6. The molecule has 3 N–H and O–H groups in total. The summed E-state index contributed by atoms with van der Waals surface area (Å²) in [5.41, 5.74) is 2.22. The third-order valence-corrected chi connectivity index (χ3v) is 2.85. The number of halogens is 2. The molecule has 4 nitrogen and oxygen atoms in total. The van der Waals surface area contributed by atoms with Gasteiger partial charge in [0.1, 0.15) is 11.6 Å². The van der Waals surface area contributed by atoms with Crippen molar-refractivity contribution in [1.82, 2.24) is 15.0 Å². The van der Waals surface area contributed by atoms with Crippen LogP contribution in [-0.2, 0) is 0 Å². The summed E-state index contributed by atoms with van der Waals surface area (Å²) in [6, 6.07) is 2.88. The van der Waals surface area contributed by atoms with E-state index in [1.165, 1.54) is 24.4 Å². The zero-order chi connectivity index (χ0) is 11.5. The first-order chi connectivity index (χ1) is 7.74. The Balaban J connectivity index is 2.49. The molecular weight excluding hydrogens is 234 g/mol. The molecule has 0 saturated carbocycles. The van der Waals surface area contributed by atoms with Crippen molar-refractivity contribution in [2.45, 2.75) is 6.04 Å². The van der Waals surface area contributed by atoms with E-state index >= 15 is 0 Å². The Labute approximate surface area is 94.2 Å². The van der Waals surface area contributed by atoms with Crippen molar-refractivity contribution in [3.05, 3.63) is 46.5 Å². The van der Waals surface area contributed by atoms with Crippen molar-refractivity contribution >= 4 is 11.5 Å². The summed E-state index contributed by atoms with van der Waals surface area (Å²) in [4.78, 5) is 0.548. The first kappa shape index (κ1) is 11.1. The number of nitrogens with one attached hydrogen (secondary N) is 1. The smallest absolute Gasteiger partial charge is 0.131 e. The topological polar surface area (TPSA) is 63.8 Å². The molecule has 7 heteroatoms. The maximum absolute atomic E-state index is 13.5. The normalized spacial score (nSPS) is 12.7. The largest absolute Gasteiger partial charge is 0.271 e. The number of nitrogens with zero attached hydrogens (tertiary/aromatic N) is 2. The van der Waals surface area contributed by atoms with Crippen LogP contribution in [0.1, 0.15) is 16.5 Å². The molecule has 0 spiro atoms. The highest BCUT2D eigenvalue weighted by atomic mass is 32.1. The summed E-state index contributed by atoms with van der Waals surface area (Å²) in [5.74, 6) is 3.99. The van der Waals surface area contributed by atoms with Crippen LogP contribution in [0, 0.1) is 11.6 Å². The molecule has 2 aromatic rings. The van der Waals surface area contributed by atoms with Gasteiger partial charge in [-0.2, -0.15) is 0 Å². The van der Waals surface area contributed by atoms with Crippen LogP contribution in [0.2, 0.25) is 0 Å². The molecule has 1 aromatic carbocycles. The third kappa shape index (κ3) is 1.92. The minimum atomic E-state index is -0.777. The standard InChI is InChI=1S/C9H8F2N4S/c10-5-2-1-3-6(11)8(5)9(14-12)7-4-13-15-16-7/h1-4,9,14H,12H2. The van der Waals surface area contributed by atoms with Crippen LogP contribution in [0.4, 0.5) is 8.78 Å². The molecule has 1 aromatic heterocycles. The Morgan fingerprint density at radius 1 is 1.31 bits per heavy atom. The second-order valence-corrected chi connectivity index (χ2v) is 3.87. The van der Waals surface area contributed by atoms with E-state index < -0.39 is 17.7 Å². The monoisotopic (exact) mass is 242 g/mol. The van der Waals surface area contributed by atoms with Crippen LogP contribution >= 0.6 is 11.5 Å². The Morgan fingerprint density at radius 2 is 2.00 bits per heavy atom. The van der Waals surface area contributed by atoms with Crippen molar-refractivity contribution in [3.63, 3.8) is 0 Å². The van der Waals surface area contributed by atoms with E-state index in [9.17, 15) is 8.78 Å². The van der Waals surface area contributed by atoms with Crippen LogP contribution < -0.4 is 11.3 Å². The number of nitrogens with two attached hydrogens (primary N) is 1. The van der Waals surface area contributed by atoms with Crippen LogP contribution in [-0.4, -0.2) is 9.59 Å². The van der Waals surface area contributed by atoms with Gasteiger partial charge < -0.3 is 0 Å². The maximum atomic E-state index is 13.5. The summed E-state index contributed by atoms with van der Waals surface area (Å²) in [6.07, 6.45) is 1.42. The zero-order valence-electron chi connectivity index (χ0n) is 8.02. The highest BCUT2D eigenvalue weighted by Crippen LogP contribution is 2.27. The quantitative estimate of drug-likeness (QED) is 0.630. The molecule has 0 fully saturated rings. The molecule has 0 radical (unpaired) electrons. The SMILES string of the molecule is NNC(c1cnns1)c1c(F)cccc1F. The Kier molecular flexibility index (Phi) is 3.18. The fourth-order valence-corrected chi connectivity index (χ4v) is 1.97. The van der Waals surface area contributed by atoms with Crippen molar-refractivity contribution in [1.29, 1.82) is 0 Å². The summed E-state index contributed by atoms with van der Waals surface area (Å²) >= 11 is 1.03. The van der Waals surface area contributed by atoms with Gasteiger partial charge in [-0.25, -0.2) is 14.2 Å². The highest BCUT2D eigenvalue weighted by Gasteiger charge is 2.22. The molecule has 0 aliphatic carbocycles. The van der Waals surface area contributed by atoms with Crippen LogP contribution in [0.25, 0.3) is 0 Å². The lowest BCUT2D eigenvalue weighted by atomic mass is 10.1. The van der Waals surface area contributed by atoms with E-state index in [0.717, 1.165) is 11.5 Å². The number of aromatic nitrogens is 2. The van der Waals surface area contributed by atoms with Gasteiger partial charge in [0.2, 0.25) is 0 Å². The van der Waals surface area contributed by atoms with Gasteiger partial charge in [0.05, 0.1) is 17.1 Å². The van der Waals surface area contributed by atoms with Gasteiger partial charge >= 0.3 is 0 Å². The summed E-state index contributed by atoms with van der Waals surface area (Å²) in [7, 11) is 0. The first-order valence-electron chi connectivity index (χ1n) is 4.41. The fraction of sp³-hybridized carbons (Fsp3) is 0.111. The molecule has 1 heterocycles. The number of rotatable bonds is 3. The van der Waals surface area contributed by atoms with Gasteiger partial charge in [-0.1, -0.05) is 10.6 Å². The minimum absolute atomic E-state index is 0.129. The number of hydrazine groups is 1. The Morgan fingerprint density at radius 3 is 2.50 bits per heavy atom. The van der Waals surface area contributed by atoms with Crippen molar-refractivity contribution < 1.29 is 8.78 Å². The molecular formula is C9H8F2N4S. The molecule has 1 unspecified atom stereocenters. The third-order valence-electron chi connectivity index (χ3n) is 2.12. The van der Waals surface area contributed by atoms with Crippen LogP contribution in [0.3, 0.4) is 0 Å². The highest BCUT2D eigenvalue weighted by molar-refractivity contribution is 7.05. The van der Waals surface area contributed by atoms with Gasteiger partial charge in [-0.3, -0.25) is 5.84 Å². The van der Waals surface area contributed by atoms with Gasteiger partial charge in [0.15, 0.2) is 0 Å². The number of hydrogen-bond acceptors (Lipinski definition) is 5. The molecule has 0 aliphatic heterocycles. The maximum Gasteiger partial charge on any atom is 0.131 e. The van der Waals surface area contributed by atoms with Gasteiger partial charge in [0.25, 0.3) is 0 Å². The summed E-state index contributed by atoms with van der Waals surface area (Å²) in [5, 5.41) is 3.60. The van der Waals surface area contributed by atoms with E-state index in [-0.39, 0.29) is 5.56 Å². The zero-order valence-corrected chi connectivity index (χ0v) is 8.84. The fourth-order valence-electron chi connectivity index (χ4n) is 1.40. The van der Waals surface area contributed by atoms with E-state index in [2.05, 4.69) is 15.0 Å². The lowest BCUT2D eigenvalue weighted by molar-refractivity contribution is 0.513. The molecule has 0 aliphatic rings. The van der Waals surface area contributed by atoms with Gasteiger partial charge in [-0.15, -0.1) is 5.10 Å². The van der Waals surface area contributed by atoms with Gasteiger partial charge in [0, 0.05) is 5.56 Å². The second kappa shape index (κ2) is 4.60. The average Bonchev–Trinajstić information content (AvgIpc) is 2.77.